The molecular weight excluding hydrogens is 356 g/mol. The lowest BCUT2D eigenvalue weighted by atomic mass is 10.1. The van der Waals surface area contributed by atoms with Gasteiger partial charge in [-0.1, -0.05) is 12.1 Å². The molecule has 1 aliphatic rings. The van der Waals surface area contributed by atoms with Crippen LogP contribution in [0.5, 0.6) is 0 Å². The molecule has 0 atom stereocenters. The van der Waals surface area contributed by atoms with Crippen LogP contribution in [0.3, 0.4) is 0 Å². The van der Waals surface area contributed by atoms with Crippen molar-refractivity contribution in [1.29, 1.82) is 0 Å². The summed E-state index contributed by atoms with van der Waals surface area (Å²) in [7, 11) is 0. The average Bonchev–Trinajstić information content (AvgIpc) is 3.46. The largest absolute Gasteiger partial charge is 0.350 e. The molecule has 0 aromatic heterocycles. The maximum absolute atomic E-state index is 12.6. The fourth-order valence-corrected chi connectivity index (χ4v) is 2.61. The summed E-state index contributed by atoms with van der Waals surface area (Å²) in [5.41, 5.74) is 1.87. The number of hydrogen-bond donors (Lipinski definition) is 4. The van der Waals surface area contributed by atoms with Crippen LogP contribution in [0.1, 0.15) is 47.4 Å². The SMILES string of the molecule is CC(C)NC(=O)c1ccccc1NC(=O)c1ccc(NC(=O)NC2CC2)cc1. The monoisotopic (exact) mass is 380 g/mol. The lowest BCUT2D eigenvalue weighted by molar-refractivity contribution is 0.0944. The first kappa shape index (κ1) is 19.4. The molecule has 7 heteroatoms. The smallest absolute Gasteiger partial charge is 0.319 e. The summed E-state index contributed by atoms with van der Waals surface area (Å²) in [5.74, 6) is -0.578. The Morgan fingerprint density at radius 2 is 1.57 bits per heavy atom. The van der Waals surface area contributed by atoms with Crippen LogP contribution in [0.15, 0.2) is 48.5 Å². The molecule has 0 saturated heterocycles. The molecule has 1 saturated carbocycles. The molecule has 0 spiro atoms. The van der Waals surface area contributed by atoms with E-state index in [4.69, 9.17) is 0 Å². The van der Waals surface area contributed by atoms with Gasteiger partial charge in [0, 0.05) is 23.3 Å². The molecule has 2 aromatic carbocycles. The average molecular weight is 380 g/mol. The maximum Gasteiger partial charge on any atom is 0.319 e. The van der Waals surface area contributed by atoms with E-state index >= 15 is 0 Å². The zero-order chi connectivity index (χ0) is 20.1. The van der Waals surface area contributed by atoms with Crippen molar-refractivity contribution in [2.45, 2.75) is 38.8 Å². The molecule has 0 heterocycles. The first-order chi connectivity index (χ1) is 13.4. The predicted molar refractivity (Wildman–Crippen MR) is 109 cm³/mol. The predicted octanol–water partition coefficient (Wildman–Crippen LogP) is 3.36. The van der Waals surface area contributed by atoms with Crippen LogP contribution < -0.4 is 21.3 Å². The Labute approximate surface area is 163 Å². The number of nitrogens with one attached hydrogen (secondary N) is 4. The van der Waals surface area contributed by atoms with E-state index in [2.05, 4.69) is 21.3 Å². The number of carbonyl (C=O) groups is 3. The number of rotatable bonds is 6. The van der Waals surface area contributed by atoms with Gasteiger partial charge in [-0.05, 0) is 63.1 Å². The Morgan fingerprint density at radius 3 is 2.21 bits per heavy atom. The van der Waals surface area contributed by atoms with Crippen molar-refractivity contribution in [3.63, 3.8) is 0 Å². The van der Waals surface area contributed by atoms with Crippen LogP contribution >= 0.6 is 0 Å². The third-order valence-electron chi connectivity index (χ3n) is 4.16. The topological polar surface area (TPSA) is 99.3 Å². The zero-order valence-corrected chi connectivity index (χ0v) is 15.9. The summed E-state index contributed by atoms with van der Waals surface area (Å²) in [6, 6.07) is 13.5. The lowest BCUT2D eigenvalue weighted by Crippen LogP contribution is -2.31. The molecular formula is C21H24N4O3. The Kier molecular flexibility index (Phi) is 5.93. The van der Waals surface area contributed by atoms with Gasteiger partial charge in [-0.15, -0.1) is 0 Å². The van der Waals surface area contributed by atoms with Crippen molar-refractivity contribution >= 4 is 29.2 Å². The Morgan fingerprint density at radius 1 is 0.893 bits per heavy atom. The number of carbonyl (C=O) groups excluding carboxylic acids is 3. The maximum atomic E-state index is 12.6. The minimum Gasteiger partial charge on any atom is -0.350 e. The highest BCUT2D eigenvalue weighted by Crippen LogP contribution is 2.19. The third-order valence-corrected chi connectivity index (χ3v) is 4.16. The normalized spacial score (nSPS) is 13.0. The molecule has 7 nitrogen and oxygen atoms in total. The molecule has 28 heavy (non-hydrogen) atoms. The molecule has 1 aliphatic carbocycles. The van der Waals surface area contributed by atoms with Crippen LogP contribution in [-0.4, -0.2) is 29.9 Å². The summed E-state index contributed by atoms with van der Waals surface area (Å²) >= 11 is 0. The fraction of sp³-hybridized carbons (Fsp3) is 0.286. The number of anilines is 2. The second-order valence-corrected chi connectivity index (χ2v) is 7.08. The van der Waals surface area contributed by atoms with Crippen LogP contribution in [0.2, 0.25) is 0 Å². The third kappa shape index (κ3) is 5.33. The molecule has 0 unspecified atom stereocenters. The lowest BCUT2D eigenvalue weighted by Gasteiger charge is -2.13. The molecule has 2 aromatic rings. The van der Waals surface area contributed by atoms with Crippen LogP contribution in [0.4, 0.5) is 16.2 Å². The summed E-state index contributed by atoms with van der Waals surface area (Å²) in [6.45, 7) is 3.75. The van der Waals surface area contributed by atoms with E-state index < -0.39 is 0 Å². The minimum absolute atomic E-state index is 0.00610. The molecule has 0 bridgehead atoms. The Balaban J connectivity index is 1.64. The fourth-order valence-electron chi connectivity index (χ4n) is 2.61. The van der Waals surface area contributed by atoms with Gasteiger partial charge in [-0.3, -0.25) is 9.59 Å². The highest BCUT2D eigenvalue weighted by molar-refractivity contribution is 6.09. The van der Waals surface area contributed by atoms with E-state index in [9.17, 15) is 14.4 Å². The molecule has 0 aliphatic heterocycles. The van der Waals surface area contributed by atoms with Gasteiger partial charge in [0.1, 0.15) is 0 Å². The molecule has 3 rings (SSSR count). The summed E-state index contributed by atoms with van der Waals surface area (Å²) in [4.78, 5) is 36.6. The van der Waals surface area contributed by atoms with Crippen molar-refractivity contribution in [1.82, 2.24) is 10.6 Å². The van der Waals surface area contributed by atoms with Crippen LogP contribution in [0.25, 0.3) is 0 Å². The van der Waals surface area contributed by atoms with Gasteiger partial charge < -0.3 is 21.3 Å². The zero-order valence-electron chi connectivity index (χ0n) is 15.9. The highest BCUT2D eigenvalue weighted by Gasteiger charge is 2.23. The van der Waals surface area contributed by atoms with Gasteiger partial charge in [0.25, 0.3) is 11.8 Å². The van der Waals surface area contributed by atoms with Gasteiger partial charge in [0.15, 0.2) is 0 Å². The first-order valence-electron chi connectivity index (χ1n) is 9.31. The quantitative estimate of drug-likeness (QED) is 0.618. The number of para-hydroxylation sites is 1. The number of hydrogen-bond acceptors (Lipinski definition) is 3. The van der Waals surface area contributed by atoms with Crippen molar-refractivity contribution in [3.8, 4) is 0 Å². The molecule has 0 radical (unpaired) electrons. The second-order valence-electron chi connectivity index (χ2n) is 7.08. The van der Waals surface area contributed by atoms with Gasteiger partial charge in [-0.2, -0.15) is 0 Å². The van der Waals surface area contributed by atoms with E-state index in [0.29, 0.717) is 22.5 Å². The molecule has 1 fully saturated rings. The summed E-state index contributed by atoms with van der Waals surface area (Å²) in [6.07, 6.45) is 2.03. The number of urea groups is 1. The minimum atomic E-state index is -0.334. The van der Waals surface area contributed by atoms with E-state index in [0.717, 1.165) is 12.8 Å². The first-order valence-corrected chi connectivity index (χ1v) is 9.31. The molecule has 4 N–H and O–H groups in total. The standard InChI is InChI=1S/C21H24N4O3/c1-13(2)22-20(27)17-5-3-4-6-18(17)25-19(26)14-7-9-15(10-8-14)23-21(28)24-16-11-12-16/h3-10,13,16H,11-12H2,1-2H3,(H,22,27)(H,25,26)(H2,23,24,28). The van der Waals surface area contributed by atoms with Crippen molar-refractivity contribution in [2.24, 2.45) is 0 Å². The second kappa shape index (κ2) is 8.56. The van der Waals surface area contributed by atoms with Crippen molar-refractivity contribution < 1.29 is 14.4 Å². The van der Waals surface area contributed by atoms with Gasteiger partial charge >= 0.3 is 6.03 Å². The van der Waals surface area contributed by atoms with E-state index in [1.807, 2.05) is 13.8 Å². The molecule has 4 amide bonds. The van der Waals surface area contributed by atoms with Gasteiger partial charge in [0.05, 0.1) is 11.3 Å². The summed E-state index contributed by atoms with van der Waals surface area (Å²) in [5, 5.41) is 11.2. The van der Waals surface area contributed by atoms with E-state index in [-0.39, 0.29) is 29.9 Å². The summed E-state index contributed by atoms with van der Waals surface area (Å²) < 4.78 is 0. The van der Waals surface area contributed by atoms with E-state index in [1.54, 1.807) is 48.5 Å². The Hall–Kier alpha value is -3.35. The highest BCUT2D eigenvalue weighted by atomic mass is 16.2. The molecule has 146 valence electrons. The van der Waals surface area contributed by atoms with Crippen LogP contribution in [-0.2, 0) is 0 Å². The van der Waals surface area contributed by atoms with Gasteiger partial charge in [-0.25, -0.2) is 4.79 Å². The van der Waals surface area contributed by atoms with Crippen molar-refractivity contribution in [3.05, 3.63) is 59.7 Å². The van der Waals surface area contributed by atoms with Crippen LogP contribution in [0, 0.1) is 0 Å². The number of benzene rings is 2. The number of amides is 4. The Bertz CT molecular complexity index is 873. The van der Waals surface area contributed by atoms with E-state index in [1.165, 1.54) is 0 Å². The van der Waals surface area contributed by atoms with Gasteiger partial charge in [0.2, 0.25) is 0 Å². The van der Waals surface area contributed by atoms with Crippen molar-refractivity contribution in [2.75, 3.05) is 10.6 Å².